The molecule has 0 aliphatic rings. The highest BCUT2D eigenvalue weighted by Gasteiger charge is 2.15. The van der Waals surface area contributed by atoms with Crippen LogP contribution in [0.25, 0.3) is 11.2 Å². The van der Waals surface area contributed by atoms with Crippen LogP contribution in [0.1, 0.15) is 13.8 Å². The van der Waals surface area contributed by atoms with Gasteiger partial charge in [0.05, 0.1) is 25.6 Å². The summed E-state index contributed by atoms with van der Waals surface area (Å²) in [7, 11) is 0. The molecule has 0 aliphatic carbocycles. The van der Waals surface area contributed by atoms with Gasteiger partial charge in [-0.2, -0.15) is 4.98 Å². The van der Waals surface area contributed by atoms with E-state index < -0.39 is 18.3 Å². The molecule has 21 heavy (non-hydrogen) atoms. The standard InChI is InChI=1S/C12H17N5O4/c1-6(2)10(20)15-12-14-9-8(11(21)16-12)13-5-17(9)3-7(19)4-18/h5-7,18-19H,3-4H2,1-2H3,(H2,14,15,16,20,21). The van der Waals surface area contributed by atoms with E-state index >= 15 is 0 Å². The summed E-state index contributed by atoms with van der Waals surface area (Å²) in [5.41, 5.74) is -0.163. The third-order valence-corrected chi connectivity index (χ3v) is 2.86. The lowest BCUT2D eigenvalue weighted by Gasteiger charge is -2.09. The smallest absolute Gasteiger partial charge is 0.280 e. The van der Waals surface area contributed by atoms with Gasteiger partial charge in [0.2, 0.25) is 11.9 Å². The van der Waals surface area contributed by atoms with Crippen LogP contribution in [0.3, 0.4) is 0 Å². The second-order valence-corrected chi connectivity index (χ2v) is 4.96. The lowest BCUT2D eigenvalue weighted by molar-refractivity contribution is -0.118. The van der Waals surface area contributed by atoms with Crippen molar-refractivity contribution in [2.45, 2.75) is 26.5 Å². The van der Waals surface area contributed by atoms with Crippen molar-refractivity contribution in [3.63, 3.8) is 0 Å². The Balaban J connectivity index is 2.40. The molecule has 4 N–H and O–H groups in total. The number of H-pyrrole nitrogens is 1. The minimum Gasteiger partial charge on any atom is -0.394 e. The van der Waals surface area contributed by atoms with Gasteiger partial charge in [0, 0.05) is 5.92 Å². The Morgan fingerprint density at radius 2 is 2.24 bits per heavy atom. The van der Waals surface area contributed by atoms with Crippen LogP contribution in [0, 0.1) is 5.92 Å². The van der Waals surface area contributed by atoms with Gasteiger partial charge in [0.15, 0.2) is 11.2 Å². The van der Waals surface area contributed by atoms with Gasteiger partial charge in [-0.25, -0.2) is 4.98 Å². The molecule has 2 aromatic rings. The van der Waals surface area contributed by atoms with E-state index in [0.717, 1.165) is 0 Å². The average Bonchev–Trinajstić information content (AvgIpc) is 2.82. The van der Waals surface area contributed by atoms with Gasteiger partial charge < -0.3 is 14.8 Å². The van der Waals surface area contributed by atoms with Crippen LogP contribution in [-0.4, -0.2) is 48.4 Å². The summed E-state index contributed by atoms with van der Waals surface area (Å²) in [6.07, 6.45) is 0.358. The van der Waals surface area contributed by atoms with Crippen molar-refractivity contribution in [1.29, 1.82) is 0 Å². The molecule has 0 saturated heterocycles. The van der Waals surface area contributed by atoms with Gasteiger partial charge >= 0.3 is 0 Å². The summed E-state index contributed by atoms with van der Waals surface area (Å²) >= 11 is 0. The molecule has 2 aromatic heterocycles. The monoisotopic (exact) mass is 295 g/mol. The Morgan fingerprint density at radius 1 is 1.52 bits per heavy atom. The number of nitrogens with one attached hydrogen (secondary N) is 2. The summed E-state index contributed by atoms with van der Waals surface area (Å²) in [4.78, 5) is 34.0. The number of aromatic amines is 1. The Morgan fingerprint density at radius 3 is 2.86 bits per heavy atom. The molecule has 9 heteroatoms. The van der Waals surface area contributed by atoms with Gasteiger partial charge in [-0.1, -0.05) is 13.8 Å². The molecule has 114 valence electrons. The van der Waals surface area contributed by atoms with Crippen molar-refractivity contribution in [3.8, 4) is 0 Å². The molecule has 2 heterocycles. The first kappa shape index (κ1) is 15.1. The van der Waals surface area contributed by atoms with Crippen molar-refractivity contribution >= 4 is 23.0 Å². The number of rotatable bonds is 5. The first-order valence-electron chi connectivity index (χ1n) is 6.47. The molecule has 0 radical (unpaired) electrons. The zero-order valence-corrected chi connectivity index (χ0v) is 11.7. The zero-order valence-electron chi connectivity index (χ0n) is 11.7. The van der Waals surface area contributed by atoms with Gasteiger partial charge in [0.1, 0.15) is 0 Å². The fourth-order valence-corrected chi connectivity index (χ4v) is 1.69. The molecule has 0 spiro atoms. The third kappa shape index (κ3) is 3.26. The number of anilines is 1. The quantitative estimate of drug-likeness (QED) is 0.563. The number of carbonyl (C=O) groups excluding carboxylic acids is 1. The van der Waals surface area contributed by atoms with Crippen LogP contribution >= 0.6 is 0 Å². The van der Waals surface area contributed by atoms with E-state index in [9.17, 15) is 14.7 Å². The molecule has 9 nitrogen and oxygen atoms in total. The maximum atomic E-state index is 11.9. The summed E-state index contributed by atoms with van der Waals surface area (Å²) in [5, 5.41) is 20.8. The second kappa shape index (κ2) is 6.02. The zero-order chi connectivity index (χ0) is 15.6. The topological polar surface area (TPSA) is 133 Å². The van der Waals surface area contributed by atoms with Crippen LogP contribution in [0.5, 0.6) is 0 Å². The van der Waals surface area contributed by atoms with E-state index in [-0.39, 0.29) is 35.5 Å². The number of aliphatic hydroxyl groups excluding tert-OH is 2. The highest BCUT2D eigenvalue weighted by Crippen LogP contribution is 2.09. The lowest BCUT2D eigenvalue weighted by atomic mass is 10.2. The minimum absolute atomic E-state index is 0.0199. The molecule has 2 rings (SSSR count). The highest BCUT2D eigenvalue weighted by atomic mass is 16.3. The van der Waals surface area contributed by atoms with Crippen molar-refractivity contribution in [2.75, 3.05) is 11.9 Å². The van der Waals surface area contributed by atoms with E-state index in [1.165, 1.54) is 10.9 Å². The normalized spacial score (nSPS) is 12.8. The van der Waals surface area contributed by atoms with Crippen molar-refractivity contribution < 1.29 is 15.0 Å². The Bertz CT molecular complexity index is 705. The van der Waals surface area contributed by atoms with E-state index in [1.54, 1.807) is 13.8 Å². The average molecular weight is 295 g/mol. The summed E-state index contributed by atoms with van der Waals surface area (Å²) in [5.74, 6) is -0.516. The molecular weight excluding hydrogens is 278 g/mol. The fraction of sp³-hybridized carbons (Fsp3) is 0.500. The maximum absolute atomic E-state index is 11.9. The largest absolute Gasteiger partial charge is 0.394 e. The molecule has 0 saturated carbocycles. The predicted molar refractivity (Wildman–Crippen MR) is 74.7 cm³/mol. The molecular formula is C12H17N5O4. The first-order chi connectivity index (χ1) is 9.92. The molecule has 1 atom stereocenters. The Labute approximate surface area is 119 Å². The van der Waals surface area contributed by atoms with Crippen LogP contribution < -0.4 is 10.9 Å². The van der Waals surface area contributed by atoms with Gasteiger partial charge in [-0.15, -0.1) is 0 Å². The van der Waals surface area contributed by atoms with E-state index in [2.05, 4.69) is 20.3 Å². The molecule has 1 amide bonds. The van der Waals surface area contributed by atoms with E-state index in [0.29, 0.717) is 0 Å². The summed E-state index contributed by atoms with van der Waals surface area (Å²) in [6, 6.07) is 0. The number of aliphatic hydroxyl groups is 2. The van der Waals surface area contributed by atoms with Gasteiger partial charge in [-0.05, 0) is 0 Å². The number of amides is 1. The number of fused-ring (bicyclic) bond motifs is 1. The third-order valence-electron chi connectivity index (χ3n) is 2.86. The molecule has 0 aliphatic heterocycles. The van der Waals surface area contributed by atoms with Gasteiger partial charge in [0.25, 0.3) is 5.56 Å². The number of hydrogen-bond donors (Lipinski definition) is 4. The maximum Gasteiger partial charge on any atom is 0.280 e. The number of aromatic nitrogens is 4. The van der Waals surface area contributed by atoms with Gasteiger partial charge in [-0.3, -0.25) is 19.9 Å². The lowest BCUT2D eigenvalue weighted by Crippen LogP contribution is -2.23. The SMILES string of the molecule is CC(C)C(=O)Nc1nc2c(ncn2CC(O)CO)c(=O)[nH]1. The Hall–Kier alpha value is -2.26. The number of hydrogen-bond acceptors (Lipinski definition) is 6. The second-order valence-electron chi connectivity index (χ2n) is 4.96. The fourth-order valence-electron chi connectivity index (χ4n) is 1.69. The highest BCUT2D eigenvalue weighted by molar-refractivity contribution is 5.91. The van der Waals surface area contributed by atoms with E-state index in [4.69, 9.17) is 5.11 Å². The molecule has 0 fully saturated rings. The number of carbonyl (C=O) groups is 1. The van der Waals surface area contributed by atoms with Crippen molar-refractivity contribution in [2.24, 2.45) is 5.92 Å². The van der Waals surface area contributed by atoms with Crippen LogP contribution in [-0.2, 0) is 11.3 Å². The summed E-state index contributed by atoms with van der Waals surface area (Å²) < 4.78 is 1.44. The van der Waals surface area contributed by atoms with E-state index in [1.807, 2.05) is 0 Å². The minimum atomic E-state index is -0.989. The van der Waals surface area contributed by atoms with Crippen molar-refractivity contribution in [3.05, 3.63) is 16.7 Å². The first-order valence-corrected chi connectivity index (χ1v) is 6.47. The number of nitrogens with zero attached hydrogens (tertiary/aromatic N) is 3. The Kier molecular flexibility index (Phi) is 4.34. The van der Waals surface area contributed by atoms with Crippen LogP contribution in [0.2, 0.25) is 0 Å². The van der Waals surface area contributed by atoms with Crippen LogP contribution in [0.4, 0.5) is 5.95 Å². The molecule has 0 aromatic carbocycles. The molecule has 0 bridgehead atoms. The van der Waals surface area contributed by atoms with Crippen LogP contribution in [0.15, 0.2) is 11.1 Å². The molecule has 1 unspecified atom stereocenters. The number of imidazole rings is 1. The van der Waals surface area contributed by atoms with Crippen molar-refractivity contribution in [1.82, 2.24) is 19.5 Å². The summed E-state index contributed by atoms with van der Waals surface area (Å²) in [6.45, 7) is 3.06. The predicted octanol–water partition coefficient (Wildman–Crippen LogP) is -0.933.